The molecule has 98 valence electrons. The lowest BCUT2D eigenvalue weighted by molar-refractivity contribution is 0.477. The molecule has 1 aromatic carbocycles. The van der Waals surface area contributed by atoms with Crippen molar-refractivity contribution >= 4 is 37.7 Å². The fourth-order valence-corrected chi connectivity index (χ4v) is 3.70. The quantitative estimate of drug-likeness (QED) is 0.729. The molecular formula is C13H11BrN2O2S. The van der Waals surface area contributed by atoms with Crippen molar-refractivity contribution in [3.8, 4) is 0 Å². The van der Waals surface area contributed by atoms with E-state index in [0.717, 1.165) is 9.86 Å². The van der Waals surface area contributed by atoms with Gasteiger partial charge in [0.15, 0.2) is 5.65 Å². The molecule has 2 aromatic heterocycles. The Hall–Kier alpha value is -1.34. The van der Waals surface area contributed by atoms with Gasteiger partial charge in [-0.25, -0.2) is 8.96 Å². The highest BCUT2D eigenvalue weighted by atomic mass is 79.9. The third kappa shape index (κ3) is 2.06. The predicted octanol–water partition coefficient (Wildman–Crippen LogP) is 4.37. The first kappa shape index (κ1) is 12.7. The van der Waals surface area contributed by atoms with Gasteiger partial charge in [0.2, 0.25) is 0 Å². The van der Waals surface area contributed by atoms with Gasteiger partial charge in [-0.15, -0.1) is 0 Å². The van der Waals surface area contributed by atoms with Crippen LogP contribution in [-0.2, 0) is 0 Å². The molecule has 0 saturated heterocycles. The molecule has 3 aromatic rings. The topological polar surface area (TPSA) is 58.3 Å². The number of hydrogen-bond donors (Lipinski definition) is 2. The summed E-state index contributed by atoms with van der Waals surface area (Å²) in [6.45, 7) is 0. The maximum Gasteiger partial charge on any atom is 0.159 e. The summed E-state index contributed by atoms with van der Waals surface area (Å²) in [6, 6.07) is 12.4. The summed E-state index contributed by atoms with van der Waals surface area (Å²) >= 11 is 3.43. The summed E-state index contributed by atoms with van der Waals surface area (Å²) in [5.41, 5.74) is 0.540. The Labute approximate surface area is 120 Å². The highest BCUT2D eigenvalue weighted by Gasteiger charge is 2.20. The molecule has 0 amide bonds. The van der Waals surface area contributed by atoms with E-state index in [0.29, 0.717) is 10.5 Å². The Morgan fingerprint density at radius 1 is 1.05 bits per heavy atom. The zero-order chi connectivity index (χ0) is 13.5. The lowest BCUT2D eigenvalue weighted by Gasteiger charge is -2.33. The molecule has 0 aliphatic rings. The molecule has 0 saturated carbocycles. The molecular weight excluding hydrogens is 328 g/mol. The molecule has 0 spiro atoms. The zero-order valence-corrected chi connectivity index (χ0v) is 12.2. The van der Waals surface area contributed by atoms with Gasteiger partial charge in [0.25, 0.3) is 0 Å². The Kier molecular flexibility index (Phi) is 3.10. The molecule has 6 heteroatoms. The molecule has 2 N–H and O–H groups in total. The van der Waals surface area contributed by atoms with E-state index in [4.69, 9.17) is 0 Å². The van der Waals surface area contributed by atoms with Crippen LogP contribution in [0.3, 0.4) is 0 Å². The molecule has 0 radical (unpaired) electrons. The van der Waals surface area contributed by atoms with Gasteiger partial charge >= 0.3 is 0 Å². The summed E-state index contributed by atoms with van der Waals surface area (Å²) in [7, 11) is -3.11. The molecule has 0 fully saturated rings. The number of benzene rings is 1. The van der Waals surface area contributed by atoms with E-state index < -0.39 is 10.8 Å². The van der Waals surface area contributed by atoms with Crippen LogP contribution in [0.2, 0.25) is 0 Å². The van der Waals surface area contributed by atoms with Crippen LogP contribution in [0.1, 0.15) is 0 Å². The number of hydrogen-bond acceptors (Lipinski definition) is 3. The van der Waals surface area contributed by atoms with E-state index >= 15 is 0 Å². The lowest BCUT2D eigenvalue weighted by atomic mass is 10.3. The summed E-state index contributed by atoms with van der Waals surface area (Å²) in [6.07, 6.45) is 3.27. The van der Waals surface area contributed by atoms with Crippen LogP contribution in [0.25, 0.3) is 11.0 Å². The first-order valence-electron chi connectivity index (χ1n) is 5.56. The van der Waals surface area contributed by atoms with E-state index in [-0.39, 0.29) is 0 Å². The minimum atomic E-state index is -3.11. The maximum absolute atomic E-state index is 10.5. The Balaban J connectivity index is 2.22. The van der Waals surface area contributed by atoms with E-state index in [1.807, 2.05) is 18.2 Å². The van der Waals surface area contributed by atoms with Gasteiger partial charge in [0.05, 0.1) is 4.90 Å². The van der Waals surface area contributed by atoms with Gasteiger partial charge in [-0.1, -0.05) is 29.0 Å². The monoisotopic (exact) mass is 338 g/mol. The number of aromatic nitrogens is 2. The van der Waals surface area contributed by atoms with E-state index in [2.05, 4.69) is 20.9 Å². The molecule has 4 nitrogen and oxygen atoms in total. The van der Waals surface area contributed by atoms with Crippen LogP contribution in [-0.4, -0.2) is 18.1 Å². The van der Waals surface area contributed by atoms with E-state index in [1.54, 1.807) is 36.7 Å². The molecule has 19 heavy (non-hydrogen) atoms. The van der Waals surface area contributed by atoms with Gasteiger partial charge in [0.1, 0.15) is 0 Å². The number of rotatable bonds is 2. The average molecular weight is 339 g/mol. The molecule has 0 unspecified atom stereocenters. The molecule has 0 aliphatic carbocycles. The van der Waals surface area contributed by atoms with E-state index in [9.17, 15) is 9.11 Å². The SMILES string of the molecule is OS(O)(c1ccccc1)n1ccc2c(Br)ccnc21. The minimum Gasteiger partial charge on any atom is -0.277 e. The molecule has 3 rings (SSSR count). The third-order valence-corrected chi connectivity index (χ3v) is 5.27. The summed E-state index contributed by atoms with van der Waals surface area (Å²) in [5.74, 6) is 0. The van der Waals surface area contributed by atoms with Crippen LogP contribution in [0.5, 0.6) is 0 Å². The van der Waals surface area contributed by atoms with Crippen LogP contribution in [0.15, 0.2) is 64.2 Å². The Bertz CT molecular complexity index is 728. The van der Waals surface area contributed by atoms with Crippen molar-refractivity contribution in [2.24, 2.45) is 0 Å². The molecule has 0 aliphatic heterocycles. The maximum atomic E-state index is 10.5. The second-order valence-electron chi connectivity index (χ2n) is 4.00. The molecule has 0 atom stereocenters. The summed E-state index contributed by atoms with van der Waals surface area (Å²) in [5, 5.41) is 0.846. The highest BCUT2D eigenvalue weighted by Crippen LogP contribution is 2.50. The summed E-state index contributed by atoms with van der Waals surface area (Å²) in [4.78, 5) is 4.69. The van der Waals surface area contributed by atoms with Crippen LogP contribution in [0, 0.1) is 0 Å². The lowest BCUT2D eigenvalue weighted by Crippen LogP contribution is -2.08. The standard InChI is InChI=1S/C13H11BrN2O2S/c14-12-6-8-15-13-11(12)7-9-16(13)19(17,18)10-4-2-1-3-5-10/h1-9,17-18H. The van der Waals surface area contributed by atoms with Crippen LogP contribution >= 0.6 is 26.7 Å². The van der Waals surface area contributed by atoms with Crippen LogP contribution < -0.4 is 0 Å². The molecule has 0 bridgehead atoms. The highest BCUT2D eigenvalue weighted by molar-refractivity contribution is 9.10. The normalized spacial score (nSPS) is 12.8. The summed E-state index contributed by atoms with van der Waals surface area (Å²) < 4.78 is 23.3. The largest absolute Gasteiger partial charge is 0.277 e. The molecule has 2 heterocycles. The van der Waals surface area contributed by atoms with E-state index in [1.165, 1.54) is 3.97 Å². The van der Waals surface area contributed by atoms with Gasteiger partial charge in [-0.05, 0) is 40.2 Å². The number of pyridine rings is 1. The van der Waals surface area contributed by atoms with Crippen molar-refractivity contribution in [1.82, 2.24) is 8.96 Å². The first-order valence-corrected chi connectivity index (χ1v) is 7.86. The van der Waals surface area contributed by atoms with Crippen molar-refractivity contribution in [3.05, 3.63) is 59.3 Å². The zero-order valence-electron chi connectivity index (χ0n) is 9.77. The minimum absolute atomic E-state index is 0.467. The third-order valence-electron chi connectivity index (χ3n) is 2.83. The van der Waals surface area contributed by atoms with Crippen molar-refractivity contribution < 1.29 is 9.11 Å². The van der Waals surface area contributed by atoms with Gasteiger partial charge in [0, 0.05) is 22.3 Å². The van der Waals surface area contributed by atoms with Crippen LogP contribution in [0.4, 0.5) is 0 Å². The predicted molar refractivity (Wildman–Crippen MR) is 80.4 cm³/mol. The van der Waals surface area contributed by atoms with Gasteiger partial charge in [-0.2, -0.15) is 0 Å². The Morgan fingerprint density at radius 2 is 1.79 bits per heavy atom. The van der Waals surface area contributed by atoms with Crippen molar-refractivity contribution in [3.63, 3.8) is 0 Å². The number of nitrogens with zero attached hydrogens (tertiary/aromatic N) is 2. The van der Waals surface area contributed by atoms with Gasteiger partial charge in [-0.3, -0.25) is 9.11 Å². The smallest absolute Gasteiger partial charge is 0.159 e. The first-order chi connectivity index (χ1) is 9.10. The Morgan fingerprint density at radius 3 is 2.53 bits per heavy atom. The second-order valence-corrected chi connectivity index (χ2v) is 6.76. The fraction of sp³-hybridized carbons (Fsp3) is 0. The number of halogens is 1. The fourth-order valence-electron chi connectivity index (χ4n) is 1.90. The van der Waals surface area contributed by atoms with Crippen molar-refractivity contribution in [1.29, 1.82) is 0 Å². The second kappa shape index (κ2) is 4.64. The van der Waals surface area contributed by atoms with Crippen molar-refractivity contribution in [2.45, 2.75) is 4.90 Å². The average Bonchev–Trinajstić information content (AvgIpc) is 2.86. The number of fused-ring (bicyclic) bond motifs is 1. The van der Waals surface area contributed by atoms with Crippen molar-refractivity contribution in [2.75, 3.05) is 0 Å². The van der Waals surface area contributed by atoms with Gasteiger partial charge < -0.3 is 0 Å².